The fraction of sp³-hybridized carbons (Fsp3) is 0.632. The number of alkyl halides is 3. The van der Waals surface area contributed by atoms with Crippen LogP contribution in [0.15, 0.2) is 6.07 Å². The standard InChI is InChI=1S/C19H21F3N4O2/c1-11-2-4-26(11)16-13(9-23)14(19(20,21)22)6-15(24-16)25-5-3-18(10-25)7-12(8-18)17(27)28/h6,11-12H,2-5,7-8,10H2,1H3,(H,27,28). The quantitative estimate of drug-likeness (QED) is 0.848. The maximum Gasteiger partial charge on any atom is 0.417 e. The number of nitriles is 1. The minimum absolute atomic E-state index is 0.0452. The maximum absolute atomic E-state index is 13.7. The fourth-order valence-corrected chi connectivity index (χ4v) is 4.68. The van der Waals surface area contributed by atoms with Gasteiger partial charge in [-0.15, -0.1) is 0 Å². The molecule has 2 saturated heterocycles. The van der Waals surface area contributed by atoms with Gasteiger partial charge in [0.1, 0.15) is 23.3 Å². The molecule has 0 bridgehead atoms. The lowest BCUT2D eigenvalue weighted by Crippen LogP contribution is -2.47. The van der Waals surface area contributed by atoms with Crippen molar-refractivity contribution in [3.63, 3.8) is 0 Å². The number of rotatable bonds is 3. The molecule has 1 aromatic rings. The second kappa shape index (κ2) is 6.26. The molecule has 1 aromatic heterocycles. The average molecular weight is 394 g/mol. The molecule has 150 valence electrons. The summed E-state index contributed by atoms with van der Waals surface area (Å²) in [6.07, 6.45) is -1.95. The van der Waals surface area contributed by atoms with Crippen LogP contribution in [0, 0.1) is 22.7 Å². The summed E-state index contributed by atoms with van der Waals surface area (Å²) in [5.41, 5.74) is -1.53. The Morgan fingerprint density at radius 3 is 2.61 bits per heavy atom. The van der Waals surface area contributed by atoms with Crippen LogP contribution in [0.2, 0.25) is 0 Å². The third kappa shape index (κ3) is 2.95. The van der Waals surface area contributed by atoms with Gasteiger partial charge in [0.15, 0.2) is 0 Å². The molecule has 1 saturated carbocycles. The van der Waals surface area contributed by atoms with Crippen LogP contribution in [0.1, 0.15) is 43.7 Å². The Morgan fingerprint density at radius 1 is 1.39 bits per heavy atom. The normalized spacial score (nSPS) is 29.4. The Labute approximate surface area is 160 Å². The molecule has 1 spiro atoms. The van der Waals surface area contributed by atoms with E-state index in [1.165, 1.54) is 0 Å². The first-order valence-corrected chi connectivity index (χ1v) is 9.40. The second-order valence-corrected chi connectivity index (χ2v) is 8.28. The summed E-state index contributed by atoms with van der Waals surface area (Å²) in [5, 5.41) is 18.5. The first-order chi connectivity index (χ1) is 13.1. The zero-order chi connectivity index (χ0) is 20.3. The van der Waals surface area contributed by atoms with Crippen LogP contribution < -0.4 is 9.80 Å². The second-order valence-electron chi connectivity index (χ2n) is 8.28. The molecule has 3 aliphatic rings. The highest BCUT2D eigenvalue weighted by Gasteiger charge is 2.51. The van der Waals surface area contributed by atoms with E-state index in [9.17, 15) is 23.2 Å². The van der Waals surface area contributed by atoms with Gasteiger partial charge in [0.05, 0.1) is 11.5 Å². The van der Waals surface area contributed by atoms with Crippen molar-refractivity contribution in [3.8, 4) is 6.07 Å². The van der Waals surface area contributed by atoms with Gasteiger partial charge >= 0.3 is 12.1 Å². The SMILES string of the molecule is CC1CCN1c1nc(N2CCC3(CC(C(=O)O)C3)C2)cc(C(F)(F)F)c1C#N. The van der Waals surface area contributed by atoms with Crippen LogP contribution in [-0.4, -0.2) is 41.7 Å². The summed E-state index contributed by atoms with van der Waals surface area (Å²) >= 11 is 0. The minimum atomic E-state index is -4.64. The molecule has 1 N–H and O–H groups in total. The highest BCUT2D eigenvalue weighted by atomic mass is 19.4. The Kier molecular flexibility index (Phi) is 4.21. The van der Waals surface area contributed by atoms with E-state index in [4.69, 9.17) is 5.11 Å². The van der Waals surface area contributed by atoms with Gasteiger partial charge in [0.25, 0.3) is 0 Å². The van der Waals surface area contributed by atoms with Crippen LogP contribution in [0.5, 0.6) is 0 Å². The molecule has 0 aromatic carbocycles. The van der Waals surface area contributed by atoms with E-state index in [1.807, 2.05) is 11.8 Å². The number of hydrogen-bond acceptors (Lipinski definition) is 5. The van der Waals surface area contributed by atoms with Gasteiger partial charge < -0.3 is 14.9 Å². The molecule has 28 heavy (non-hydrogen) atoms. The van der Waals surface area contributed by atoms with Gasteiger partial charge in [-0.1, -0.05) is 0 Å². The van der Waals surface area contributed by atoms with E-state index in [-0.39, 0.29) is 29.0 Å². The molecule has 6 nitrogen and oxygen atoms in total. The summed E-state index contributed by atoms with van der Waals surface area (Å²) in [5.74, 6) is -0.855. The monoisotopic (exact) mass is 394 g/mol. The molecule has 1 unspecified atom stereocenters. The number of carboxylic acids is 1. The number of aromatic nitrogens is 1. The molecular weight excluding hydrogens is 373 g/mol. The lowest BCUT2D eigenvalue weighted by Gasteiger charge is -2.43. The number of carboxylic acid groups (broad SMARTS) is 1. The van der Waals surface area contributed by atoms with Crippen molar-refractivity contribution >= 4 is 17.6 Å². The number of pyridine rings is 1. The zero-order valence-corrected chi connectivity index (χ0v) is 15.5. The molecule has 0 radical (unpaired) electrons. The van der Waals surface area contributed by atoms with Gasteiger partial charge in [-0.2, -0.15) is 18.4 Å². The van der Waals surface area contributed by atoms with Gasteiger partial charge in [0, 0.05) is 25.7 Å². The Hall–Kier alpha value is -2.50. The van der Waals surface area contributed by atoms with E-state index in [1.54, 1.807) is 11.0 Å². The predicted octanol–water partition coefficient (Wildman–Crippen LogP) is 3.26. The molecule has 3 heterocycles. The lowest BCUT2D eigenvalue weighted by atomic mass is 9.61. The average Bonchev–Trinajstić information content (AvgIpc) is 3.03. The molecule has 4 rings (SSSR count). The van der Waals surface area contributed by atoms with Crippen molar-refractivity contribution in [2.24, 2.45) is 11.3 Å². The number of halogens is 3. The van der Waals surface area contributed by atoms with Crippen molar-refractivity contribution in [1.82, 2.24) is 4.98 Å². The van der Waals surface area contributed by atoms with Gasteiger partial charge in [0.2, 0.25) is 0 Å². The Balaban J connectivity index is 1.67. The summed E-state index contributed by atoms with van der Waals surface area (Å²) in [7, 11) is 0. The summed E-state index contributed by atoms with van der Waals surface area (Å²) in [4.78, 5) is 19.1. The third-order valence-corrected chi connectivity index (χ3v) is 6.47. The van der Waals surface area contributed by atoms with Crippen molar-refractivity contribution in [2.75, 3.05) is 29.4 Å². The van der Waals surface area contributed by atoms with Gasteiger partial charge in [-0.3, -0.25) is 4.79 Å². The first-order valence-electron chi connectivity index (χ1n) is 9.40. The largest absolute Gasteiger partial charge is 0.481 e. The van der Waals surface area contributed by atoms with Gasteiger partial charge in [-0.25, -0.2) is 4.98 Å². The van der Waals surface area contributed by atoms with Crippen molar-refractivity contribution < 1.29 is 23.1 Å². The summed E-state index contributed by atoms with van der Waals surface area (Å²) in [6.45, 7) is 3.52. The zero-order valence-electron chi connectivity index (χ0n) is 15.5. The number of hydrogen-bond donors (Lipinski definition) is 1. The van der Waals surface area contributed by atoms with E-state index < -0.39 is 23.3 Å². The Morgan fingerprint density at radius 2 is 2.11 bits per heavy atom. The fourth-order valence-electron chi connectivity index (χ4n) is 4.68. The molecule has 1 atom stereocenters. The van der Waals surface area contributed by atoms with Crippen molar-refractivity contribution in [1.29, 1.82) is 5.26 Å². The van der Waals surface area contributed by atoms with E-state index in [0.29, 0.717) is 32.5 Å². The maximum atomic E-state index is 13.7. The minimum Gasteiger partial charge on any atom is -0.481 e. The van der Waals surface area contributed by atoms with E-state index in [2.05, 4.69) is 4.98 Å². The van der Waals surface area contributed by atoms with Crippen LogP contribution in [0.4, 0.5) is 24.8 Å². The van der Waals surface area contributed by atoms with Crippen LogP contribution in [0.25, 0.3) is 0 Å². The smallest absolute Gasteiger partial charge is 0.417 e. The van der Waals surface area contributed by atoms with E-state index >= 15 is 0 Å². The third-order valence-electron chi connectivity index (χ3n) is 6.47. The molecular formula is C19H21F3N4O2. The number of nitrogens with zero attached hydrogens (tertiary/aromatic N) is 4. The van der Waals surface area contributed by atoms with E-state index in [0.717, 1.165) is 18.9 Å². The van der Waals surface area contributed by atoms with Crippen LogP contribution in [-0.2, 0) is 11.0 Å². The van der Waals surface area contributed by atoms with Crippen molar-refractivity contribution in [2.45, 2.75) is 44.8 Å². The highest BCUT2D eigenvalue weighted by Crippen LogP contribution is 2.52. The molecule has 0 amide bonds. The van der Waals surface area contributed by atoms with Crippen LogP contribution in [0.3, 0.4) is 0 Å². The molecule has 2 aliphatic heterocycles. The summed E-state index contributed by atoms with van der Waals surface area (Å²) in [6, 6.07) is 2.72. The first kappa shape index (κ1) is 18.8. The number of carbonyl (C=O) groups is 1. The lowest BCUT2D eigenvalue weighted by molar-refractivity contribution is -0.149. The highest BCUT2D eigenvalue weighted by molar-refractivity contribution is 5.71. The topological polar surface area (TPSA) is 80.5 Å². The Bertz CT molecular complexity index is 858. The summed E-state index contributed by atoms with van der Waals surface area (Å²) < 4.78 is 41.0. The predicted molar refractivity (Wildman–Crippen MR) is 95.0 cm³/mol. The van der Waals surface area contributed by atoms with Crippen molar-refractivity contribution in [3.05, 3.63) is 17.2 Å². The number of anilines is 2. The molecule has 1 aliphatic carbocycles. The van der Waals surface area contributed by atoms with Crippen LogP contribution >= 0.6 is 0 Å². The van der Waals surface area contributed by atoms with Gasteiger partial charge in [-0.05, 0) is 44.1 Å². The molecule has 3 fully saturated rings. The number of aliphatic carboxylic acids is 1. The molecule has 9 heteroatoms.